The van der Waals surface area contributed by atoms with Crippen LogP contribution in [0.3, 0.4) is 0 Å². The lowest BCUT2D eigenvalue weighted by Gasteiger charge is -2.27. The Morgan fingerprint density at radius 1 is 1.19 bits per heavy atom. The van der Waals surface area contributed by atoms with Gasteiger partial charge in [-0.15, -0.1) is 0 Å². The van der Waals surface area contributed by atoms with E-state index in [0.29, 0.717) is 48.3 Å². The fourth-order valence-corrected chi connectivity index (χ4v) is 3.95. The highest BCUT2D eigenvalue weighted by Gasteiger charge is 2.18. The molecular formula is C25H35F3N4O4S. The average molecular weight is 545 g/mol. The van der Waals surface area contributed by atoms with E-state index in [2.05, 4.69) is 22.9 Å². The molecule has 1 aliphatic heterocycles. The molecule has 0 saturated carbocycles. The first-order chi connectivity index (χ1) is 17.6. The van der Waals surface area contributed by atoms with Gasteiger partial charge in [-0.25, -0.2) is 13.2 Å². The summed E-state index contributed by atoms with van der Waals surface area (Å²) in [7, 11) is 0. The van der Waals surface area contributed by atoms with E-state index in [4.69, 9.17) is 4.74 Å². The highest BCUT2D eigenvalue weighted by atomic mass is 32.1. The predicted octanol–water partition coefficient (Wildman–Crippen LogP) is 4.12. The molecule has 0 unspecified atom stereocenters. The van der Waals surface area contributed by atoms with Crippen molar-refractivity contribution in [3.8, 4) is 0 Å². The number of rotatable bonds is 10. The Morgan fingerprint density at radius 2 is 1.86 bits per heavy atom. The van der Waals surface area contributed by atoms with Gasteiger partial charge in [-0.2, -0.15) is 0 Å². The van der Waals surface area contributed by atoms with Crippen LogP contribution in [0.5, 0.6) is 0 Å². The molecule has 0 aromatic heterocycles. The first kappa shape index (κ1) is 28.6. The van der Waals surface area contributed by atoms with Gasteiger partial charge in [0.15, 0.2) is 0 Å². The monoisotopic (exact) mass is 544 g/mol. The number of alkyl halides is 2. The molecular weight excluding hydrogens is 509 g/mol. The van der Waals surface area contributed by atoms with E-state index in [0.717, 1.165) is 6.07 Å². The largest absolute Gasteiger partial charge is 0.389 e. The normalized spacial score (nSPS) is 14.6. The third-order valence-electron chi connectivity index (χ3n) is 5.85. The number of nitrogens with one attached hydrogen (secondary N) is 2. The first-order valence-electron chi connectivity index (χ1n) is 11.8. The molecule has 1 fully saturated rings. The second-order valence-corrected chi connectivity index (χ2v) is 9.36. The van der Waals surface area contributed by atoms with Crippen molar-refractivity contribution < 1.29 is 31.1 Å². The lowest BCUT2D eigenvalue weighted by molar-refractivity contribution is 0.122. The summed E-state index contributed by atoms with van der Waals surface area (Å²) in [6.45, 7) is 5.49. The van der Waals surface area contributed by atoms with Crippen molar-refractivity contribution in [3.05, 3.63) is 58.0 Å². The molecule has 2 aromatic carbocycles. The molecule has 1 atom stereocenters. The van der Waals surface area contributed by atoms with Crippen LogP contribution in [0.2, 0.25) is 0 Å². The van der Waals surface area contributed by atoms with Crippen molar-refractivity contribution in [1.29, 1.82) is 0 Å². The van der Waals surface area contributed by atoms with Crippen LogP contribution < -0.4 is 26.0 Å². The standard InChI is InChI=1S/C25H31F3N4O4S.2H2/c1-15(2)18-12-23(34)22(31-7-9-36-10-8-31)6-5-20(18)30-21-4-3-16(11-19(21)26)32(35)14-17(33)13-29-25(37)24(27)28;;/h3-6,11-12,15,17,24,30,33,35H,7-10,13-14H2,1-2H3,(H,29,37);2*1H/t17-;;/m0../s1. The van der Waals surface area contributed by atoms with Crippen molar-refractivity contribution in [1.82, 2.24) is 5.32 Å². The Hall–Kier alpha value is -2.93. The molecule has 0 bridgehead atoms. The fourth-order valence-electron chi connectivity index (χ4n) is 3.87. The van der Waals surface area contributed by atoms with Gasteiger partial charge in [-0.1, -0.05) is 26.1 Å². The van der Waals surface area contributed by atoms with Crippen LogP contribution in [0.15, 0.2) is 41.2 Å². The van der Waals surface area contributed by atoms with Gasteiger partial charge in [0.25, 0.3) is 6.43 Å². The van der Waals surface area contributed by atoms with E-state index in [1.54, 1.807) is 18.2 Å². The quantitative estimate of drug-likeness (QED) is 0.260. The molecule has 12 heteroatoms. The van der Waals surface area contributed by atoms with Gasteiger partial charge < -0.3 is 25.4 Å². The van der Waals surface area contributed by atoms with E-state index in [1.807, 2.05) is 18.7 Å². The zero-order valence-corrected chi connectivity index (χ0v) is 21.4. The summed E-state index contributed by atoms with van der Waals surface area (Å²) in [5.74, 6) is -0.705. The van der Waals surface area contributed by atoms with Gasteiger partial charge in [0, 0.05) is 34.2 Å². The molecule has 0 radical (unpaired) electrons. The zero-order valence-electron chi connectivity index (χ0n) is 20.6. The summed E-state index contributed by atoms with van der Waals surface area (Å²) in [5, 5.41) is 26.1. The Labute approximate surface area is 221 Å². The summed E-state index contributed by atoms with van der Waals surface area (Å²) in [4.78, 5) is 14.2. The number of aliphatic hydroxyl groups is 1. The van der Waals surface area contributed by atoms with E-state index in [-0.39, 0.29) is 38.7 Å². The number of ether oxygens (including phenoxy) is 1. The van der Waals surface area contributed by atoms with Gasteiger partial charge in [-0.05, 0) is 41.8 Å². The smallest absolute Gasteiger partial charge is 0.288 e. The van der Waals surface area contributed by atoms with Crippen molar-refractivity contribution in [3.63, 3.8) is 0 Å². The minimum absolute atomic E-state index is 0. The molecule has 2 aromatic rings. The maximum Gasteiger partial charge on any atom is 0.288 e. The molecule has 1 aliphatic rings. The van der Waals surface area contributed by atoms with Gasteiger partial charge in [0.05, 0.1) is 42.9 Å². The number of hydrogen-bond donors (Lipinski definition) is 4. The lowest BCUT2D eigenvalue weighted by atomic mass is 10.0. The molecule has 0 amide bonds. The third-order valence-corrected chi connectivity index (χ3v) is 6.17. The van der Waals surface area contributed by atoms with Crippen LogP contribution in [-0.2, 0) is 4.74 Å². The van der Waals surface area contributed by atoms with Crippen LogP contribution in [-0.4, -0.2) is 67.2 Å². The van der Waals surface area contributed by atoms with Crippen LogP contribution in [0.1, 0.15) is 28.2 Å². The molecule has 1 heterocycles. The lowest BCUT2D eigenvalue weighted by Crippen LogP contribution is -2.40. The number of halogens is 3. The zero-order chi connectivity index (χ0) is 27.1. The third kappa shape index (κ3) is 7.78. The SMILES string of the molecule is CC(C)c1cc(=O)c(N2CCOCC2)ccc1Nc1ccc(N(O)C[C@@H](O)CNC(=S)C(F)F)cc1F.[HH].[HH]. The summed E-state index contributed by atoms with van der Waals surface area (Å²) >= 11 is 4.44. The van der Waals surface area contributed by atoms with Crippen molar-refractivity contribution in [2.45, 2.75) is 32.3 Å². The minimum Gasteiger partial charge on any atom is -0.389 e. The topological polar surface area (TPSA) is 97.3 Å². The van der Waals surface area contributed by atoms with Gasteiger partial charge >= 0.3 is 0 Å². The number of nitrogens with zero attached hydrogens (tertiary/aromatic N) is 2. The molecule has 3 rings (SSSR count). The molecule has 0 aliphatic carbocycles. The van der Waals surface area contributed by atoms with Gasteiger partial charge in [0.2, 0.25) is 5.43 Å². The molecule has 37 heavy (non-hydrogen) atoms. The predicted molar refractivity (Wildman–Crippen MR) is 145 cm³/mol. The molecule has 8 nitrogen and oxygen atoms in total. The summed E-state index contributed by atoms with van der Waals surface area (Å²) < 4.78 is 45.3. The number of aliphatic hydroxyl groups excluding tert-OH is 1. The summed E-state index contributed by atoms with van der Waals surface area (Å²) in [6.07, 6.45) is -4.10. The number of anilines is 4. The van der Waals surface area contributed by atoms with Crippen LogP contribution >= 0.6 is 12.2 Å². The Morgan fingerprint density at radius 3 is 2.49 bits per heavy atom. The van der Waals surface area contributed by atoms with E-state index in [1.165, 1.54) is 12.1 Å². The highest BCUT2D eigenvalue weighted by Crippen LogP contribution is 2.30. The number of thiocarbonyl (C=S) groups is 1. The summed E-state index contributed by atoms with van der Waals surface area (Å²) in [5.41, 5.74) is 1.87. The molecule has 206 valence electrons. The van der Waals surface area contributed by atoms with E-state index >= 15 is 0 Å². The second kappa shape index (κ2) is 13.0. The number of hydroxylamine groups is 1. The van der Waals surface area contributed by atoms with Crippen molar-refractivity contribution in [2.75, 3.05) is 54.7 Å². The minimum atomic E-state index is -2.85. The van der Waals surface area contributed by atoms with Crippen LogP contribution in [0.4, 0.5) is 35.9 Å². The maximum atomic E-state index is 15.0. The Bertz CT molecular complexity index is 1160. The van der Waals surface area contributed by atoms with Crippen molar-refractivity contribution in [2.24, 2.45) is 0 Å². The van der Waals surface area contributed by atoms with E-state index < -0.39 is 23.3 Å². The highest BCUT2D eigenvalue weighted by molar-refractivity contribution is 7.80. The second-order valence-electron chi connectivity index (χ2n) is 8.92. The molecule has 1 saturated heterocycles. The van der Waals surface area contributed by atoms with Crippen LogP contribution in [0.25, 0.3) is 0 Å². The molecule has 4 N–H and O–H groups in total. The first-order valence-corrected chi connectivity index (χ1v) is 12.3. The number of hydrogen-bond acceptors (Lipinski definition) is 8. The van der Waals surface area contributed by atoms with Crippen molar-refractivity contribution >= 4 is 40.0 Å². The Kier molecular flexibility index (Phi) is 10.1. The maximum absolute atomic E-state index is 15.0. The van der Waals surface area contributed by atoms with E-state index in [9.17, 15) is 28.3 Å². The summed E-state index contributed by atoms with van der Waals surface area (Å²) in [6, 6.07) is 8.96. The average Bonchev–Trinajstić information content (AvgIpc) is 3.02. The number of benzene rings is 1. The molecule has 0 spiro atoms. The fraction of sp³-hybridized carbons (Fsp3) is 0.440. The Balaban J connectivity index is 0.00000380. The number of morpholine rings is 1. The van der Waals surface area contributed by atoms with Gasteiger partial charge in [0.1, 0.15) is 10.8 Å². The van der Waals surface area contributed by atoms with Gasteiger partial charge in [-0.3, -0.25) is 15.1 Å². The van der Waals surface area contributed by atoms with Crippen LogP contribution in [0, 0.1) is 5.82 Å².